The maximum atomic E-state index is 11.9. The van der Waals surface area contributed by atoms with Crippen molar-refractivity contribution in [2.24, 2.45) is 0 Å². The Balaban J connectivity index is 2.76. The molecule has 17 heavy (non-hydrogen) atoms. The average molecular weight is 229 g/mol. The Hall–Kier alpha value is -1.83. The molecule has 0 bridgehead atoms. The van der Waals surface area contributed by atoms with Crippen LogP contribution in [0.4, 0.5) is 0 Å². The molecule has 0 spiro atoms. The second-order valence-corrected chi connectivity index (χ2v) is 4.21. The fourth-order valence-corrected chi connectivity index (χ4v) is 1.53. The normalized spacial score (nSPS) is 9.53. The Bertz CT molecular complexity index is 402. The molecule has 0 fully saturated rings. The van der Waals surface area contributed by atoms with E-state index in [4.69, 9.17) is 0 Å². The molecule has 90 valence electrons. The van der Waals surface area contributed by atoms with Crippen molar-refractivity contribution in [2.45, 2.75) is 20.4 Å². The number of allylic oxidation sites excluding steroid dienone is 1. The van der Waals surface area contributed by atoms with Gasteiger partial charge in [-0.1, -0.05) is 42.0 Å². The summed E-state index contributed by atoms with van der Waals surface area (Å²) in [6.07, 6.45) is 3.41. The third-order valence-electron chi connectivity index (χ3n) is 2.29. The molecule has 0 aliphatic heterocycles. The fourth-order valence-electron chi connectivity index (χ4n) is 1.53. The molecule has 0 aromatic heterocycles. The monoisotopic (exact) mass is 229 g/mol. The zero-order valence-electron chi connectivity index (χ0n) is 10.5. The highest BCUT2D eigenvalue weighted by atomic mass is 16.2. The smallest absolute Gasteiger partial charge is 0.247 e. The molecule has 0 saturated heterocycles. The van der Waals surface area contributed by atoms with Gasteiger partial charge in [0.05, 0.1) is 0 Å². The van der Waals surface area contributed by atoms with Crippen molar-refractivity contribution in [3.05, 3.63) is 60.2 Å². The van der Waals surface area contributed by atoms with Crippen LogP contribution in [0, 0.1) is 0 Å². The molecule has 1 amide bonds. The maximum Gasteiger partial charge on any atom is 0.247 e. The quantitative estimate of drug-likeness (QED) is 0.561. The predicted molar refractivity (Wildman–Crippen MR) is 71.5 cm³/mol. The van der Waals surface area contributed by atoms with Gasteiger partial charge in [-0.3, -0.25) is 4.79 Å². The van der Waals surface area contributed by atoms with E-state index >= 15 is 0 Å². The van der Waals surface area contributed by atoms with Crippen LogP contribution in [0.5, 0.6) is 0 Å². The molecule has 2 heteroatoms. The number of amides is 1. The summed E-state index contributed by atoms with van der Waals surface area (Å²) in [4.78, 5) is 13.7. The van der Waals surface area contributed by atoms with E-state index in [2.05, 4.69) is 6.58 Å². The summed E-state index contributed by atoms with van der Waals surface area (Å²) in [5, 5.41) is 0. The topological polar surface area (TPSA) is 20.3 Å². The first-order valence-corrected chi connectivity index (χ1v) is 5.72. The van der Waals surface area contributed by atoms with Crippen LogP contribution in [0.1, 0.15) is 19.4 Å². The van der Waals surface area contributed by atoms with Gasteiger partial charge in [0.2, 0.25) is 5.91 Å². The average Bonchev–Trinajstić information content (AvgIpc) is 2.29. The molecule has 0 aliphatic rings. The van der Waals surface area contributed by atoms with Crippen LogP contribution in [0.15, 0.2) is 54.6 Å². The zero-order chi connectivity index (χ0) is 12.7. The van der Waals surface area contributed by atoms with Gasteiger partial charge in [0, 0.05) is 19.2 Å². The van der Waals surface area contributed by atoms with Crippen LogP contribution in [0.3, 0.4) is 0 Å². The lowest BCUT2D eigenvalue weighted by Gasteiger charge is -2.19. The minimum Gasteiger partial charge on any atom is -0.331 e. The molecule has 0 unspecified atom stereocenters. The van der Waals surface area contributed by atoms with Crippen molar-refractivity contribution >= 4 is 5.91 Å². The largest absolute Gasteiger partial charge is 0.331 e. The van der Waals surface area contributed by atoms with Crippen LogP contribution < -0.4 is 0 Å². The van der Waals surface area contributed by atoms with Crippen molar-refractivity contribution in [1.82, 2.24) is 4.90 Å². The van der Waals surface area contributed by atoms with Gasteiger partial charge in [0.15, 0.2) is 0 Å². The minimum atomic E-state index is 0.0359. The highest BCUT2D eigenvalue weighted by Crippen LogP contribution is 2.06. The third-order valence-corrected chi connectivity index (χ3v) is 2.29. The number of carbonyl (C=O) groups excluding carboxylic acids is 1. The Labute approximate surface area is 103 Å². The maximum absolute atomic E-state index is 11.9. The van der Waals surface area contributed by atoms with Crippen LogP contribution in [0.25, 0.3) is 0 Å². The predicted octanol–water partition coefficient (Wildman–Crippen LogP) is 3.17. The Morgan fingerprint density at radius 1 is 1.29 bits per heavy atom. The van der Waals surface area contributed by atoms with Crippen LogP contribution in [-0.4, -0.2) is 17.4 Å². The first kappa shape index (κ1) is 13.2. The molecule has 1 aromatic rings. The summed E-state index contributed by atoms with van der Waals surface area (Å²) >= 11 is 0. The second kappa shape index (κ2) is 6.69. The van der Waals surface area contributed by atoms with Crippen molar-refractivity contribution < 1.29 is 4.79 Å². The van der Waals surface area contributed by atoms with Crippen LogP contribution in [-0.2, 0) is 11.3 Å². The number of hydrogen-bond donors (Lipinski definition) is 0. The number of carbonyl (C=O) groups is 1. The number of nitrogens with zero attached hydrogens (tertiary/aromatic N) is 1. The van der Waals surface area contributed by atoms with E-state index < -0.39 is 0 Å². The van der Waals surface area contributed by atoms with Gasteiger partial charge in [0.25, 0.3) is 0 Å². The first-order valence-electron chi connectivity index (χ1n) is 5.72. The second-order valence-electron chi connectivity index (χ2n) is 4.21. The Morgan fingerprint density at radius 3 is 2.47 bits per heavy atom. The minimum absolute atomic E-state index is 0.0359. The van der Waals surface area contributed by atoms with E-state index in [1.807, 2.05) is 44.2 Å². The molecule has 0 aliphatic carbocycles. The Morgan fingerprint density at radius 2 is 1.94 bits per heavy atom. The summed E-state index contributed by atoms with van der Waals surface area (Å²) in [6, 6.07) is 9.97. The molecule has 0 heterocycles. The van der Waals surface area contributed by atoms with Gasteiger partial charge in [0.1, 0.15) is 0 Å². The van der Waals surface area contributed by atoms with Gasteiger partial charge in [-0.2, -0.15) is 0 Å². The van der Waals surface area contributed by atoms with Crippen molar-refractivity contribution in [3.8, 4) is 0 Å². The first-order chi connectivity index (χ1) is 8.13. The van der Waals surface area contributed by atoms with Gasteiger partial charge >= 0.3 is 0 Å². The fraction of sp³-hybridized carbons (Fsp3) is 0.267. The van der Waals surface area contributed by atoms with Crippen molar-refractivity contribution in [2.75, 3.05) is 6.54 Å². The molecule has 0 atom stereocenters. The number of benzene rings is 1. The summed E-state index contributed by atoms with van der Waals surface area (Å²) < 4.78 is 0. The molecule has 0 radical (unpaired) electrons. The van der Waals surface area contributed by atoms with E-state index in [0.29, 0.717) is 13.1 Å². The lowest BCUT2D eigenvalue weighted by atomic mass is 10.2. The lowest BCUT2D eigenvalue weighted by Crippen LogP contribution is -2.29. The number of hydrogen-bond acceptors (Lipinski definition) is 1. The van der Waals surface area contributed by atoms with Crippen molar-refractivity contribution in [1.29, 1.82) is 0 Å². The number of rotatable bonds is 5. The van der Waals surface area contributed by atoms with Gasteiger partial charge in [-0.05, 0) is 19.4 Å². The molecular formula is C15H19NO. The van der Waals surface area contributed by atoms with E-state index in [-0.39, 0.29) is 5.91 Å². The lowest BCUT2D eigenvalue weighted by molar-refractivity contribution is -0.126. The van der Waals surface area contributed by atoms with E-state index in [9.17, 15) is 4.79 Å². The standard InChI is InChI=1S/C15H19NO/c1-4-10-16(15(17)11-13(2)3)12-14-8-6-5-7-9-14/h4-9,11H,1,10,12H2,2-3H3. The summed E-state index contributed by atoms with van der Waals surface area (Å²) in [7, 11) is 0. The highest BCUT2D eigenvalue weighted by molar-refractivity contribution is 5.88. The summed E-state index contributed by atoms with van der Waals surface area (Å²) in [6.45, 7) is 8.72. The van der Waals surface area contributed by atoms with Gasteiger partial charge in [-0.25, -0.2) is 0 Å². The van der Waals surface area contributed by atoms with E-state index in [0.717, 1.165) is 11.1 Å². The van der Waals surface area contributed by atoms with Gasteiger partial charge in [-0.15, -0.1) is 6.58 Å². The molecule has 0 N–H and O–H groups in total. The zero-order valence-corrected chi connectivity index (χ0v) is 10.5. The summed E-state index contributed by atoms with van der Waals surface area (Å²) in [5.74, 6) is 0.0359. The van der Waals surface area contributed by atoms with Crippen LogP contribution >= 0.6 is 0 Å². The van der Waals surface area contributed by atoms with Crippen LogP contribution in [0.2, 0.25) is 0 Å². The summed E-state index contributed by atoms with van der Waals surface area (Å²) in [5.41, 5.74) is 2.14. The molecule has 1 rings (SSSR count). The molecular weight excluding hydrogens is 210 g/mol. The van der Waals surface area contributed by atoms with Gasteiger partial charge < -0.3 is 4.90 Å². The molecule has 1 aromatic carbocycles. The molecule has 2 nitrogen and oxygen atoms in total. The highest BCUT2D eigenvalue weighted by Gasteiger charge is 2.09. The van der Waals surface area contributed by atoms with Crippen molar-refractivity contribution in [3.63, 3.8) is 0 Å². The SMILES string of the molecule is C=CCN(Cc1ccccc1)C(=O)C=C(C)C. The van der Waals surface area contributed by atoms with E-state index in [1.54, 1.807) is 17.1 Å². The Kier molecular flexibility index (Phi) is 5.21. The third kappa shape index (κ3) is 4.68. The molecule has 0 saturated carbocycles. The van der Waals surface area contributed by atoms with E-state index in [1.165, 1.54) is 0 Å².